The van der Waals surface area contributed by atoms with Gasteiger partial charge in [-0.2, -0.15) is 5.10 Å². The molecular weight excluding hydrogens is 186 g/mol. The summed E-state index contributed by atoms with van der Waals surface area (Å²) < 4.78 is 2.01. The smallest absolute Gasteiger partial charge is 0.0744 e. The summed E-state index contributed by atoms with van der Waals surface area (Å²) in [6.45, 7) is 7.85. The van der Waals surface area contributed by atoms with Crippen LogP contribution >= 0.6 is 0 Å². The summed E-state index contributed by atoms with van der Waals surface area (Å²) in [5, 5.41) is 7.57. The summed E-state index contributed by atoms with van der Waals surface area (Å²) in [7, 11) is 0. The lowest BCUT2D eigenvalue weighted by molar-refractivity contribution is 0.466. The highest BCUT2D eigenvalue weighted by Crippen LogP contribution is 2.04. The maximum Gasteiger partial charge on any atom is 0.0744 e. The standard InChI is InChI=1S/C12H19N3/c1-5-9-15-11(7-8-14-15)10-13-12(3,4)6-2/h2,7-8,13H,5,9-10H2,1,3-4H3. The highest BCUT2D eigenvalue weighted by molar-refractivity contribution is 5.09. The van der Waals surface area contributed by atoms with E-state index >= 15 is 0 Å². The van der Waals surface area contributed by atoms with Crippen molar-refractivity contribution in [1.82, 2.24) is 15.1 Å². The molecule has 3 nitrogen and oxygen atoms in total. The van der Waals surface area contributed by atoms with Gasteiger partial charge in [0.25, 0.3) is 0 Å². The van der Waals surface area contributed by atoms with Gasteiger partial charge in [-0.05, 0) is 26.3 Å². The van der Waals surface area contributed by atoms with Crippen molar-refractivity contribution in [1.29, 1.82) is 0 Å². The van der Waals surface area contributed by atoms with E-state index in [2.05, 4.69) is 23.3 Å². The molecule has 0 aliphatic rings. The van der Waals surface area contributed by atoms with Crippen molar-refractivity contribution in [3.05, 3.63) is 18.0 Å². The molecule has 0 spiro atoms. The number of nitrogens with one attached hydrogen (secondary N) is 1. The van der Waals surface area contributed by atoms with Crippen LogP contribution in [0.1, 0.15) is 32.9 Å². The topological polar surface area (TPSA) is 29.9 Å². The summed E-state index contributed by atoms with van der Waals surface area (Å²) in [5.41, 5.74) is 0.918. The van der Waals surface area contributed by atoms with Crippen LogP contribution < -0.4 is 5.32 Å². The van der Waals surface area contributed by atoms with Crippen LogP contribution in [-0.4, -0.2) is 15.3 Å². The van der Waals surface area contributed by atoms with Crippen molar-refractivity contribution < 1.29 is 0 Å². The SMILES string of the molecule is C#CC(C)(C)NCc1ccnn1CCC. The quantitative estimate of drug-likeness (QED) is 0.743. The van der Waals surface area contributed by atoms with Crippen LogP contribution in [0.25, 0.3) is 0 Å². The minimum absolute atomic E-state index is 0.263. The van der Waals surface area contributed by atoms with E-state index in [9.17, 15) is 0 Å². The van der Waals surface area contributed by atoms with Crippen molar-refractivity contribution in [2.75, 3.05) is 0 Å². The van der Waals surface area contributed by atoms with Crippen molar-refractivity contribution in [3.63, 3.8) is 0 Å². The molecule has 0 aliphatic carbocycles. The Balaban J connectivity index is 2.58. The van der Waals surface area contributed by atoms with Gasteiger partial charge in [-0.25, -0.2) is 0 Å². The summed E-state index contributed by atoms with van der Waals surface area (Å²) in [4.78, 5) is 0. The fourth-order valence-corrected chi connectivity index (χ4v) is 1.29. The second-order valence-corrected chi connectivity index (χ2v) is 4.17. The van der Waals surface area contributed by atoms with E-state index in [1.54, 1.807) is 0 Å². The van der Waals surface area contributed by atoms with Gasteiger partial charge in [-0.1, -0.05) is 12.8 Å². The molecule has 1 heterocycles. The monoisotopic (exact) mass is 205 g/mol. The summed E-state index contributed by atoms with van der Waals surface area (Å²) in [5.74, 6) is 2.71. The Kier molecular flexibility index (Phi) is 3.93. The molecule has 0 bridgehead atoms. The lowest BCUT2D eigenvalue weighted by Crippen LogP contribution is -2.37. The third kappa shape index (κ3) is 3.41. The first kappa shape index (κ1) is 11.8. The normalized spacial score (nSPS) is 11.3. The van der Waals surface area contributed by atoms with Gasteiger partial charge < -0.3 is 0 Å². The molecule has 15 heavy (non-hydrogen) atoms. The Labute approximate surface area is 91.9 Å². The maximum atomic E-state index is 5.41. The first-order chi connectivity index (χ1) is 7.09. The third-order valence-corrected chi connectivity index (χ3v) is 2.31. The van der Waals surface area contributed by atoms with E-state index in [-0.39, 0.29) is 5.54 Å². The molecule has 0 amide bonds. The zero-order chi connectivity index (χ0) is 11.3. The molecule has 0 unspecified atom stereocenters. The van der Waals surface area contributed by atoms with Gasteiger partial charge in [0.2, 0.25) is 0 Å². The molecule has 1 N–H and O–H groups in total. The van der Waals surface area contributed by atoms with Gasteiger partial charge in [0, 0.05) is 19.3 Å². The van der Waals surface area contributed by atoms with Gasteiger partial charge in [0.15, 0.2) is 0 Å². The van der Waals surface area contributed by atoms with Crippen molar-refractivity contribution in [2.45, 2.75) is 45.8 Å². The van der Waals surface area contributed by atoms with Crippen LogP contribution in [0.3, 0.4) is 0 Å². The molecule has 1 rings (SSSR count). The molecule has 0 aliphatic heterocycles. The Morgan fingerprint density at radius 1 is 1.60 bits per heavy atom. The van der Waals surface area contributed by atoms with Crippen LogP contribution in [0.5, 0.6) is 0 Å². The van der Waals surface area contributed by atoms with Crippen molar-refractivity contribution in [3.8, 4) is 12.3 Å². The van der Waals surface area contributed by atoms with Gasteiger partial charge >= 0.3 is 0 Å². The highest BCUT2D eigenvalue weighted by atomic mass is 15.3. The first-order valence-electron chi connectivity index (χ1n) is 5.32. The molecule has 0 radical (unpaired) electrons. The molecule has 1 aromatic rings. The average Bonchev–Trinajstić information content (AvgIpc) is 2.64. The fourth-order valence-electron chi connectivity index (χ4n) is 1.29. The maximum absolute atomic E-state index is 5.41. The summed E-state index contributed by atoms with van der Waals surface area (Å²) in [6, 6.07) is 2.02. The van der Waals surface area contributed by atoms with Crippen molar-refractivity contribution >= 4 is 0 Å². The van der Waals surface area contributed by atoms with Crippen LogP contribution in [-0.2, 0) is 13.1 Å². The van der Waals surface area contributed by atoms with E-state index in [0.29, 0.717) is 0 Å². The highest BCUT2D eigenvalue weighted by Gasteiger charge is 2.13. The lowest BCUT2D eigenvalue weighted by Gasteiger charge is -2.19. The Hall–Kier alpha value is -1.27. The van der Waals surface area contributed by atoms with E-state index in [0.717, 1.165) is 19.5 Å². The number of nitrogens with zero attached hydrogens (tertiary/aromatic N) is 2. The molecule has 0 fully saturated rings. The summed E-state index contributed by atoms with van der Waals surface area (Å²) in [6.07, 6.45) is 8.33. The molecule has 82 valence electrons. The number of rotatable bonds is 5. The molecule has 0 atom stereocenters. The predicted molar refractivity (Wildman–Crippen MR) is 62.3 cm³/mol. The molecule has 0 saturated carbocycles. The number of aryl methyl sites for hydroxylation is 1. The number of hydrogen-bond acceptors (Lipinski definition) is 2. The minimum Gasteiger partial charge on any atom is -0.296 e. The Bertz CT molecular complexity index is 344. The largest absolute Gasteiger partial charge is 0.296 e. The fraction of sp³-hybridized carbons (Fsp3) is 0.583. The van der Waals surface area contributed by atoms with Crippen LogP contribution in [0.2, 0.25) is 0 Å². The van der Waals surface area contributed by atoms with Gasteiger partial charge in [-0.3, -0.25) is 10.00 Å². The molecular formula is C12H19N3. The van der Waals surface area contributed by atoms with Crippen LogP contribution in [0.4, 0.5) is 0 Å². The number of hydrogen-bond donors (Lipinski definition) is 1. The second-order valence-electron chi connectivity index (χ2n) is 4.17. The summed E-state index contributed by atoms with van der Waals surface area (Å²) >= 11 is 0. The van der Waals surface area contributed by atoms with E-state index in [4.69, 9.17) is 6.42 Å². The molecule has 0 saturated heterocycles. The molecule has 0 aromatic carbocycles. The van der Waals surface area contributed by atoms with E-state index in [1.165, 1.54) is 5.69 Å². The van der Waals surface area contributed by atoms with Crippen LogP contribution in [0.15, 0.2) is 12.3 Å². The van der Waals surface area contributed by atoms with E-state index < -0.39 is 0 Å². The van der Waals surface area contributed by atoms with Gasteiger partial charge in [0.1, 0.15) is 0 Å². The Morgan fingerprint density at radius 3 is 2.93 bits per heavy atom. The van der Waals surface area contributed by atoms with E-state index in [1.807, 2.05) is 30.8 Å². The predicted octanol–water partition coefficient (Wildman–Crippen LogP) is 1.79. The second kappa shape index (κ2) is 4.99. The average molecular weight is 205 g/mol. The third-order valence-electron chi connectivity index (χ3n) is 2.31. The number of terminal acetylenes is 1. The Morgan fingerprint density at radius 2 is 2.33 bits per heavy atom. The molecule has 1 aromatic heterocycles. The lowest BCUT2D eigenvalue weighted by atomic mass is 10.1. The van der Waals surface area contributed by atoms with Crippen molar-refractivity contribution in [2.24, 2.45) is 0 Å². The van der Waals surface area contributed by atoms with Crippen LogP contribution in [0, 0.1) is 12.3 Å². The zero-order valence-electron chi connectivity index (χ0n) is 9.75. The van der Waals surface area contributed by atoms with Gasteiger partial charge in [-0.15, -0.1) is 6.42 Å². The first-order valence-corrected chi connectivity index (χ1v) is 5.32. The zero-order valence-corrected chi connectivity index (χ0v) is 9.75. The van der Waals surface area contributed by atoms with Gasteiger partial charge in [0.05, 0.1) is 11.2 Å². The number of aromatic nitrogens is 2. The minimum atomic E-state index is -0.263. The molecule has 3 heteroatoms.